The smallest absolute Gasteiger partial charge is 0.224 e. The maximum Gasteiger partial charge on any atom is 0.224 e. The van der Waals surface area contributed by atoms with Crippen molar-refractivity contribution in [1.82, 2.24) is 5.32 Å². The third-order valence-electron chi connectivity index (χ3n) is 5.28. The molecule has 1 fully saturated rings. The molecule has 0 aliphatic carbocycles. The fraction of sp³-hybridized carbons (Fsp3) is 0.435. The van der Waals surface area contributed by atoms with Gasteiger partial charge in [0.15, 0.2) is 0 Å². The summed E-state index contributed by atoms with van der Waals surface area (Å²) in [5, 5.41) is 3.11. The molecular formula is C23H30N2O. The molecule has 1 amide bonds. The van der Waals surface area contributed by atoms with Crippen LogP contribution in [-0.4, -0.2) is 19.0 Å². The molecule has 0 spiro atoms. The van der Waals surface area contributed by atoms with Gasteiger partial charge in [-0.25, -0.2) is 0 Å². The Bertz CT molecular complexity index is 721. The Labute approximate surface area is 157 Å². The minimum atomic E-state index is 0.0160. The molecule has 1 N–H and O–H groups in total. The molecule has 26 heavy (non-hydrogen) atoms. The minimum Gasteiger partial charge on any atom is -0.371 e. The molecule has 0 saturated carbocycles. The Kier molecular flexibility index (Phi) is 5.97. The van der Waals surface area contributed by atoms with Crippen LogP contribution in [0.15, 0.2) is 48.5 Å². The number of carbonyl (C=O) groups excluding carboxylic acids is 1. The molecule has 2 atom stereocenters. The van der Waals surface area contributed by atoms with E-state index in [0.717, 1.165) is 30.1 Å². The van der Waals surface area contributed by atoms with Crippen LogP contribution >= 0.6 is 0 Å². The van der Waals surface area contributed by atoms with Crippen LogP contribution in [0.2, 0.25) is 0 Å². The van der Waals surface area contributed by atoms with Gasteiger partial charge in [0.25, 0.3) is 0 Å². The fourth-order valence-electron chi connectivity index (χ4n) is 3.66. The molecule has 3 nitrogen and oxygen atoms in total. The first-order valence-electron chi connectivity index (χ1n) is 9.71. The van der Waals surface area contributed by atoms with E-state index < -0.39 is 0 Å². The van der Waals surface area contributed by atoms with Crippen molar-refractivity contribution in [2.24, 2.45) is 5.92 Å². The molecule has 3 rings (SSSR count). The number of hydrogen-bond donors (Lipinski definition) is 1. The van der Waals surface area contributed by atoms with Gasteiger partial charge in [-0.05, 0) is 55.9 Å². The number of rotatable bonds is 5. The van der Waals surface area contributed by atoms with E-state index in [4.69, 9.17) is 0 Å². The van der Waals surface area contributed by atoms with Crippen molar-refractivity contribution in [3.05, 3.63) is 65.2 Å². The molecular weight excluding hydrogens is 320 g/mol. The second-order valence-electron chi connectivity index (χ2n) is 7.74. The van der Waals surface area contributed by atoms with Gasteiger partial charge in [-0.3, -0.25) is 4.79 Å². The van der Waals surface area contributed by atoms with Gasteiger partial charge < -0.3 is 10.2 Å². The quantitative estimate of drug-likeness (QED) is 0.851. The van der Waals surface area contributed by atoms with Gasteiger partial charge in [0, 0.05) is 18.8 Å². The first-order valence-corrected chi connectivity index (χ1v) is 9.71. The monoisotopic (exact) mass is 350 g/mol. The lowest BCUT2D eigenvalue weighted by molar-refractivity contribution is -0.121. The Morgan fingerprint density at radius 3 is 2.50 bits per heavy atom. The summed E-state index contributed by atoms with van der Waals surface area (Å²) in [6.45, 7) is 8.71. The van der Waals surface area contributed by atoms with Gasteiger partial charge in [0.2, 0.25) is 5.91 Å². The maximum atomic E-state index is 12.3. The van der Waals surface area contributed by atoms with Crippen LogP contribution in [0.3, 0.4) is 0 Å². The molecule has 1 heterocycles. The molecule has 0 unspecified atom stereocenters. The van der Waals surface area contributed by atoms with Crippen LogP contribution in [0.1, 0.15) is 49.4 Å². The number of nitrogens with zero attached hydrogens (tertiary/aromatic N) is 1. The van der Waals surface area contributed by atoms with Gasteiger partial charge in [-0.15, -0.1) is 0 Å². The van der Waals surface area contributed by atoms with Crippen LogP contribution in [0, 0.1) is 12.8 Å². The average molecular weight is 351 g/mol. The summed E-state index contributed by atoms with van der Waals surface area (Å²) >= 11 is 0. The molecule has 1 aliphatic heterocycles. The van der Waals surface area contributed by atoms with Gasteiger partial charge in [-0.2, -0.15) is 0 Å². The van der Waals surface area contributed by atoms with E-state index in [2.05, 4.69) is 48.3 Å². The van der Waals surface area contributed by atoms with Crippen LogP contribution in [0.25, 0.3) is 0 Å². The predicted octanol–water partition coefficient (Wildman–Crippen LogP) is 4.65. The van der Waals surface area contributed by atoms with Gasteiger partial charge in [0.05, 0.1) is 12.5 Å². The largest absolute Gasteiger partial charge is 0.371 e. The molecule has 0 aromatic heterocycles. The van der Waals surface area contributed by atoms with Crippen molar-refractivity contribution in [2.75, 3.05) is 18.0 Å². The number of piperidine rings is 1. The summed E-state index contributed by atoms with van der Waals surface area (Å²) < 4.78 is 0. The van der Waals surface area contributed by atoms with E-state index in [1.165, 1.54) is 24.1 Å². The van der Waals surface area contributed by atoms with Crippen LogP contribution in [-0.2, 0) is 11.2 Å². The molecule has 0 radical (unpaired) electrons. The highest BCUT2D eigenvalue weighted by molar-refractivity contribution is 5.79. The van der Waals surface area contributed by atoms with Crippen LogP contribution < -0.4 is 10.2 Å². The second-order valence-corrected chi connectivity index (χ2v) is 7.74. The normalized spacial score (nSPS) is 18.4. The number of benzene rings is 2. The zero-order valence-corrected chi connectivity index (χ0v) is 16.2. The molecule has 2 aromatic rings. The van der Waals surface area contributed by atoms with Crippen LogP contribution in [0.4, 0.5) is 5.69 Å². The average Bonchev–Trinajstić information content (AvgIpc) is 2.64. The minimum absolute atomic E-state index is 0.0160. The highest BCUT2D eigenvalue weighted by Crippen LogP contribution is 2.24. The fourth-order valence-corrected chi connectivity index (χ4v) is 3.66. The first-order chi connectivity index (χ1) is 12.5. The summed E-state index contributed by atoms with van der Waals surface area (Å²) in [4.78, 5) is 14.8. The SMILES string of the molecule is Cc1ccc(CC(=O)N[C@@H](C)c2ccc(N3CCC[C@@H](C)C3)cc2)cc1. The van der Waals surface area contributed by atoms with E-state index in [0.29, 0.717) is 6.42 Å². The summed E-state index contributed by atoms with van der Waals surface area (Å²) in [5.74, 6) is 0.832. The molecule has 2 aromatic carbocycles. The summed E-state index contributed by atoms with van der Waals surface area (Å²) in [6, 6.07) is 16.8. The Morgan fingerprint density at radius 1 is 1.15 bits per heavy atom. The van der Waals surface area contributed by atoms with Crippen molar-refractivity contribution in [2.45, 2.75) is 46.1 Å². The molecule has 138 valence electrons. The number of hydrogen-bond acceptors (Lipinski definition) is 2. The number of nitrogens with one attached hydrogen (secondary N) is 1. The second kappa shape index (κ2) is 8.39. The van der Waals surface area contributed by atoms with Gasteiger partial charge >= 0.3 is 0 Å². The maximum absolute atomic E-state index is 12.3. The molecule has 3 heteroatoms. The lowest BCUT2D eigenvalue weighted by Crippen LogP contribution is -2.34. The van der Waals surface area contributed by atoms with E-state index in [1.807, 2.05) is 31.2 Å². The highest BCUT2D eigenvalue weighted by Gasteiger charge is 2.17. The van der Waals surface area contributed by atoms with Crippen LogP contribution in [0.5, 0.6) is 0 Å². The van der Waals surface area contributed by atoms with Gasteiger partial charge in [0.1, 0.15) is 0 Å². The van der Waals surface area contributed by atoms with E-state index in [-0.39, 0.29) is 11.9 Å². The summed E-state index contributed by atoms with van der Waals surface area (Å²) in [5.41, 5.74) is 4.70. The zero-order valence-electron chi connectivity index (χ0n) is 16.2. The molecule has 0 bridgehead atoms. The summed E-state index contributed by atoms with van der Waals surface area (Å²) in [7, 11) is 0. The topological polar surface area (TPSA) is 32.3 Å². The molecule has 1 saturated heterocycles. The summed E-state index contributed by atoms with van der Waals surface area (Å²) in [6.07, 6.45) is 3.03. The van der Waals surface area contributed by atoms with Crippen molar-refractivity contribution < 1.29 is 4.79 Å². The van der Waals surface area contributed by atoms with Crippen molar-refractivity contribution in [1.29, 1.82) is 0 Å². The standard InChI is InChI=1S/C23H30N2O/c1-17-6-8-20(9-7-17)15-23(26)24-19(3)21-10-12-22(13-11-21)25-14-4-5-18(2)16-25/h6-13,18-19H,4-5,14-16H2,1-3H3,(H,24,26)/t18-,19+/m1/s1. The number of amides is 1. The first kappa shape index (κ1) is 18.5. The third-order valence-corrected chi connectivity index (χ3v) is 5.28. The highest BCUT2D eigenvalue weighted by atomic mass is 16.1. The lowest BCUT2D eigenvalue weighted by atomic mass is 9.99. The third kappa shape index (κ3) is 4.87. The van der Waals surface area contributed by atoms with Crippen molar-refractivity contribution in [3.8, 4) is 0 Å². The van der Waals surface area contributed by atoms with Crippen molar-refractivity contribution >= 4 is 11.6 Å². The number of carbonyl (C=O) groups is 1. The van der Waals surface area contributed by atoms with Gasteiger partial charge in [-0.1, -0.05) is 48.9 Å². The Balaban J connectivity index is 1.56. The van der Waals surface area contributed by atoms with Crippen molar-refractivity contribution in [3.63, 3.8) is 0 Å². The number of anilines is 1. The number of aryl methyl sites for hydroxylation is 1. The van der Waals surface area contributed by atoms with E-state index in [1.54, 1.807) is 0 Å². The predicted molar refractivity (Wildman–Crippen MR) is 108 cm³/mol. The Morgan fingerprint density at radius 2 is 1.85 bits per heavy atom. The van der Waals surface area contributed by atoms with E-state index in [9.17, 15) is 4.79 Å². The van der Waals surface area contributed by atoms with E-state index >= 15 is 0 Å². The Hall–Kier alpha value is -2.29. The molecule has 1 aliphatic rings. The lowest BCUT2D eigenvalue weighted by Gasteiger charge is -2.33. The zero-order chi connectivity index (χ0) is 18.5.